The Morgan fingerprint density at radius 3 is 0.696 bits per heavy atom. The van der Waals surface area contributed by atoms with Crippen LogP contribution in [-0.2, 0) is 65.4 Å². The highest BCUT2D eigenvalue weighted by Crippen LogP contribution is 2.45. The summed E-state index contributed by atoms with van der Waals surface area (Å²) in [5, 5.41) is 10.6. The van der Waals surface area contributed by atoms with Gasteiger partial charge in [-0.2, -0.15) is 0 Å². The van der Waals surface area contributed by atoms with Crippen molar-refractivity contribution >= 4 is 39.5 Å². The van der Waals surface area contributed by atoms with Crippen LogP contribution in [-0.4, -0.2) is 96.7 Å². The Bertz CT molecular complexity index is 1960. The molecule has 102 heavy (non-hydrogen) atoms. The molecule has 0 rings (SSSR count). The van der Waals surface area contributed by atoms with Crippen molar-refractivity contribution in [1.29, 1.82) is 0 Å². The van der Waals surface area contributed by atoms with Gasteiger partial charge >= 0.3 is 39.5 Å². The van der Waals surface area contributed by atoms with E-state index in [1.54, 1.807) is 0 Å². The lowest BCUT2D eigenvalue weighted by molar-refractivity contribution is -0.161. The molecule has 0 bridgehead atoms. The van der Waals surface area contributed by atoms with Gasteiger partial charge in [-0.1, -0.05) is 388 Å². The zero-order valence-electron chi connectivity index (χ0n) is 66.9. The summed E-state index contributed by atoms with van der Waals surface area (Å²) in [6, 6.07) is 0. The van der Waals surface area contributed by atoms with Crippen molar-refractivity contribution in [2.45, 2.75) is 458 Å². The van der Waals surface area contributed by atoms with Gasteiger partial charge in [0.25, 0.3) is 0 Å². The molecule has 0 amide bonds. The third-order valence-electron chi connectivity index (χ3n) is 20.2. The number of carbonyl (C=O) groups excluding carboxylic acids is 4. The van der Waals surface area contributed by atoms with Gasteiger partial charge in [0.05, 0.1) is 26.4 Å². The SMILES string of the molecule is CCCCCCCCCCCCC(=O)O[C@H](COC(=O)CCCCCCCCCC)COP(=O)(O)OC[C@H](O)COP(=O)(O)OC[C@@H](COC(=O)CCCCCCCCCCCCCCCCCCCCC(C)CC)OC(=O)CCCCCCCCCCCCCCCCCCCCC(C)CC. The number of aliphatic hydroxyl groups excluding tert-OH is 1. The van der Waals surface area contributed by atoms with Crippen LogP contribution < -0.4 is 0 Å². The van der Waals surface area contributed by atoms with Crippen LogP contribution in [0.5, 0.6) is 0 Å². The maximum absolute atomic E-state index is 13.1. The number of unbranched alkanes of at least 4 members (excludes halogenated alkanes) is 50. The Morgan fingerprint density at radius 1 is 0.275 bits per heavy atom. The fourth-order valence-electron chi connectivity index (χ4n) is 12.8. The van der Waals surface area contributed by atoms with E-state index in [0.717, 1.165) is 108 Å². The molecule has 0 aliphatic rings. The molecule has 0 saturated heterocycles. The van der Waals surface area contributed by atoms with E-state index in [4.69, 9.17) is 37.0 Å². The normalized spacial score (nSPS) is 14.4. The van der Waals surface area contributed by atoms with E-state index in [2.05, 4.69) is 41.5 Å². The first kappa shape index (κ1) is 100. The second-order valence-electron chi connectivity index (χ2n) is 30.4. The molecular formula is C83H162O17P2. The van der Waals surface area contributed by atoms with Gasteiger partial charge in [0.2, 0.25) is 0 Å². The van der Waals surface area contributed by atoms with Crippen molar-refractivity contribution in [1.82, 2.24) is 0 Å². The number of rotatable bonds is 82. The van der Waals surface area contributed by atoms with Crippen molar-refractivity contribution in [3.05, 3.63) is 0 Å². The highest BCUT2D eigenvalue weighted by Gasteiger charge is 2.30. The monoisotopic (exact) mass is 1490 g/mol. The minimum atomic E-state index is -4.96. The highest BCUT2D eigenvalue weighted by atomic mass is 31.2. The Kier molecular flexibility index (Phi) is 73.1. The lowest BCUT2D eigenvalue weighted by atomic mass is 9.99. The molecule has 0 aromatic heterocycles. The second kappa shape index (κ2) is 74.5. The first-order chi connectivity index (χ1) is 49.4. The Morgan fingerprint density at radius 2 is 0.471 bits per heavy atom. The number of hydrogen-bond acceptors (Lipinski definition) is 15. The van der Waals surface area contributed by atoms with Crippen molar-refractivity contribution in [3.8, 4) is 0 Å². The van der Waals surface area contributed by atoms with Crippen LogP contribution in [0, 0.1) is 11.8 Å². The standard InChI is InChI=1S/C83H162O17P2/c1-7-11-13-15-17-19-42-49-55-61-67-82(87)99-78(71-93-80(85)65-59-53-47-18-16-14-12-8-2)73-97-101(89,90)95-69-77(84)70-96-102(91,92)98-74-79(100-83(88)68-62-56-50-44-39-35-31-27-23-21-25-29-33-37-41-46-52-58-64-76(6)10-4)72-94-81(86)66-60-54-48-43-38-34-30-26-22-20-24-28-32-36-40-45-51-57-63-75(5)9-3/h75-79,84H,7-74H2,1-6H3,(H,89,90)(H,91,92)/t75?,76?,77-,78+,79+/m0/s1. The summed E-state index contributed by atoms with van der Waals surface area (Å²) in [5.41, 5.74) is 0. The number of phosphoric acid groups is 2. The van der Waals surface area contributed by atoms with Gasteiger partial charge in [-0.05, 0) is 37.5 Å². The van der Waals surface area contributed by atoms with Crippen molar-refractivity contribution < 1.29 is 80.2 Å². The lowest BCUT2D eigenvalue weighted by Crippen LogP contribution is -2.30. The van der Waals surface area contributed by atoms with Crippen LogP contribution in [0.1, 0.15) is 440 Å². The van der Waals surface area contributed by atoms with Gasteiger partial charge in [-0.25, -0.2) is 9.13 Å². The van der Waals surface area contributed by atoms with E-state index in [1.807, 2.05) is 0 Å². The molecule has 0 saturated carbocycles. The second-order valence-corrected chi connectivity index (χ2v) is 33.3. The number of aliphatic hydroxyl groups is 1. The molecule has 19 heteroatoms. The molecule has 0 aliphatic heterocycles. The zero-order valence-corrected chi connectivity index (χ0v) is 68.7. The number of ether oxygens (including phenoxy) is 4. The molecule has 0 fully saturated rings. The van der Waals surface area contributed by atoms with E-state index in [0.29, 0.717) is 25.7 Å². The van der Waals surface area contributed by atoms with E-state index >= 15 is 0 Å². The number of carbonyl (C=O) groups is 4. The fraction of sp³-hybridized carbons (Fsp3) is 0.952. The van der Waals surface area contributed by atoms with Crippen LogP contribution in [0.3, 0.4) is 0 Å². The number of hydrogen-bond donors (Lipinski definition) is 3. The molecule has 0 aliphatic carbocycles. The fourth-order valence-corrected chi connectivity index (χ4v) is 14.4. The molecule has 0 heterocycles. The van der Waals surface area contributed by atoms with Crippen LogP contribution in [0.25, 0.3) is 0 Å². The zero-order chi connectivity index (χ0) is 74.9. The van der Waals surface area contributed by atoms with E-state index in [9.17, 15) is 43.2 Å². The molecule has 0 aromatic rings. The molecule has 4 unspecified atom stereocenters. The molecule has 17 nitrogen and oxygen atoms in total. The molecular weight excluding hydrogens is 1330 g/mol. The van der Waals surface area contributed by atoms with Gasteiger partial charge in [0, 0.05) is 25.7 Å². The van der Waals surface area contributed by atoms with Crippen LogP contribution in [0.2, 0.25) is 0 Å². The highest BCUT2D eigenvalue weighted by molar-refractivity contribution is 7.47. The van der Waals surface area contributed by atoms with Gasteiger partial charge in [0.15, 0.2) is 12.2 Å². The largest absolute Gasteiger partial charge is 0.472 e. The third kappa shape index (κ3) is 73.6. The predicted octanol–water partition coefficient (Wildman–Crippen LogP) is 25.1. The van der Waals surface area contributed by atoms with Gasteiger partial charge in [-0.3, -0.25) is 37.3 Å². The van der Waals surface area contributed by atoms with Crippen LogP contribution >= 0.6 is 15.6 Å². The Labute approximate surface area is 626 Å². The Hall–Kier alpha value is -1.94. The Balaban J connectivity index is 5.14. The third-order valence-corrected chi connectivity index (χ3v) is 22.1. The molecule has 0 radical (unpaired) electrons. The molecule has 7 atom stereocenters. The van der Waals surface area contributed by atoms with Gasteiger partial charge in [-0.15, -0.1) is 0 Å². The van der Waals surface area contributed by atoms with E-state index in [-0.39, 0.29) is 25.7 Å². The van der Waals surface area contributed by atoms with Crippen LogP contribution in [0.15, 0.2) is 0 Å². The van der Waals surface area contributed by atoms with Crippen LogP contribution in [0.4, 0.5) is 0 Å². The number of phosphoric ester groups is 2. The summed E-state index contributed by atoms with van der Waals surface area (Å²) in [5.74, 6) is -0.366. The first-order valence-corrected chi connectivity index (χ1v) is 46.1. The molecule has 0 aromatic carbocycles. The molecule has 3 N–H and O–H groups in total. The number of esters is 4. The van der Waals surface area contributed by atoms with E-state index < -0.39 is 97.5 Å². The van der Waals surface area contributed by atoms with Crippen molar-refractivity contribution in [2.75, 3.05) is 39.6 Å². The van der Waals surface area contributed by atoms with Crippen molar-refractivity contribution in [3.63, 3.8) is 0 Å². The summed E-state index contributed by atoms with van der Waals surface area (Å²) in [6.45, 7) is 9.74. The summed E-state index contributed by atoms with van der Waals surface area (Å²) in [4.78, 5) is 72.9. The van der Waals surface area contributed by atoms with Gasteiger partial charge in [0.1, 0.15) is 19.3 Å². The summed E-state index contributed by atoms with van der Waals surface area (Å²) >= 11 is 0. The minimum Gasteiger partial charge on any atom is -0.462 e. The smallest absolute Gasteiger partial charge is 0.462 e. The average molecular weight is 1490 g/mol. The van der Waals surface area contributed by atoms with Crippen molar-refractivity contribution in [2.24, 2.45) is 11.8 Å². The molecule has 0 spiro atoms. The maximum Gasteiger partial charge on any atom is 0.472 e. The van der Waals surface area contributed by atoms with E-state index in [1.165, 1.54) is 250 Å². The summed E-state index contributed by atoms with van der Waals surface area (Å²) < 4.78 is 68.6. The predicted molar refractivity (Wildman–Crippen MR) is 418 cm³/mol. The quantitative estimate of drug-likeness (QED) is 0.0222. The lowest BCUT2D eigenvalue weighted by Gasteiger charge is -2.21. The average Bonchev–Trinajstić information content (AvgIpc) is 0.906. The minimum absolute atomic E-state index is 0.107. The summed E-state index contributed by atoms with van der Waals surface area (Å²) in [6.07, 6.45) is 65.4. The summed E-state index contributed by atoms with van der Waals surface area (Å²) in [7, 11) is -9.91. The molecule has 606 valence electrons. The maximum atomic E-state index is 13.1. The van der Waals surface area contributed by atoms with Gasteiger partial charge < -0.3 is 33.8 Å². The first-order valence-electron chi connectivity index (χ1n) is 43.1. The topological polar surface area (TPSA) is 237 Å².